The van der Waals surface area contributed by atoms with Crippen LogP contribution in [0.2, 0.25) is 0 Å². The van der Waals surface area contributed by atoms with Crippen molar-refractivity contribution >= 4 is 47.2 Å². The molecule has 0 spiro atoms. The van der Waals surface area contributed by atoms with Gasteiger partial charge in [0.05, 0.1) is 26.3 Å². The van der Waals surface area contributed by atoms with Crippen molar-refractivity contribution < 1.29 is 47.0 Å². The van der Waals surface area contributed by atoms with Crippen molar-refractivity contribution in [2.45, 2.75) is 120 Å². The second-order valence-electron chi connectivity index (χ2n) is 21.0. The van der Waals surface area contributed by atoms with Gasteiger partial charge in [0, 0.05) is 31.9 Å². The van der Waals surface area contributed by atoms with E-state index in [9.17, 15) is 28.8 Å². The molecule has 4 aliphatic rings. The summed E-state index contributed by atoms with van der Waals surface area (Å²) in [6, 6.07) is 24.6. The lowest BCUT2D eigenvalue weighted by atomic mass is 9.84. The number of nitrogens with one attached hydrogen (secondary N) is 2. The van der Waals surface area contributed by atoms with Gasteiger partial charge in [-0.1, -0.05) is 107 Å². The lowest BCUT2D eigenvalue weighted by Gasteiger charge is -2.39. The summed E-state index contributed by atoms with van der Waals surface area (Å²) < 4.78 is 43.2. The molecule has 4 fully saturated rings. The molecule has 8 rings (SSSR count). The van der Waals surface area contributed by atoms with Crippen LogP contribution in [-0.2, 0) is 39.7 Å². The molecule has 400 valence electrons. The molecule has 0 aromatic heterocycles. The number of carbonyl (C=O) groups excluding carboxylic acids is 6. The molecule has 1 unspecified atom stereocenters. The van der Waals surface area contributed by atoms with E-state index in [0.717, 1.165) is 24.0 Å². The predicted octanol–water partition coefficient (Wildman–Crippen LogP) is 7.80. The molecule has 0 radical (unpaired) electrons. The Morgan fingerprint density at radius 3 is 1.37 bits per heavy atom. The van der Waals surface area contributed by atoms with Gasteiger partial charge in [-0.15, -0.1) is 0 Å². The van der Waals surface area contributed by atoms with Crippen molar-refractivity contribution in [2.24, 2.45) is 23.3 Å². The Hall–Kier alpha value is -7.24. The van der Waals surface area contributed by atoms with Crippen molar-refractivity contribution in [3.8, 4) is 0 Å². The molecule has 4 saturated heterocycles. The normalized spacial score (nSPS) is 22.8. The summed E-state index contributed by atoms with van der Waals surface area (Å²) >= 11 is 0. The van der Waals surface area contributed by atoms with Crippen LogP contribution in [0.1, 0.15) is 125 Å². The number of carbonyl (C=O) groups is 6. The minimum absolute atomic E-state index is 0.0749. The molecule has 6 N–H and O–H groups in total. The van der Waals surface area contributed by atoms with Gasteiger partial charge in [-0.3, -0.25) is 19.2 Å². The summed E-state index contributed by atoms with van der Waals surface area (Å²) in [4.78, 5) is 87.2. The van der Waals surface area contributed by atoms with Crippen LogP contribution >= 0.6 is 0 Å². The summed E-state index contributed by atoms with van der Waals surface area (Å²) in [5, 5.41) is 5.24. The summed E-state index contributed by atoms with van der Waals surface area (Å²) in [5.41, 5.74) is 13.4. The van der Waals surface area contributed by atoms with Crippen LogP contribution in [0, 0.1) is 23.5 Å². The maximum Gasteiger partial charge on any atom is 0.407 e. The van der Waals surface area contributed by atoms with Gasteiger partial charge in [-0.2, -0.15) is 0 Å². The SMILES string of the molecule is COC(=O)N[C@H](C(=O)N1CCC[C@@]1(C(N)=O)c1ccc(C2CC[C@@H](c3ccc([C@]4(C(N)=O)CCCN4C(=O)[C@@H](NC(=O)OC)C(C)C)cc3)N2c2cc(F)c(N3CCC(c4ccccc4)CC3)c(F)c2)cc1)C(C)C. The molecule has 4 heterocycles. The number of likely N-dealkylation sites (tertiary alicyclic amines) is 2. The van der Waals surface area contributed by atoms with Crippen molar-refractivity contribution in [1.29, 1.82) is 0 Å². The van der Waals surface area contributed by atoms with Crippen molar-refractivity contribution in [3.05, 3.63) is 130 Å². The second-order valence-corrected chi connectivity index (χ2v) is 21.0. The third-order valence-corrected chi connectivity index (χ3v) is 16.2. The largest absolute Gasteiger partial charge is 0.453 e. The Bertz CT molecular complexity index is 2600. The number of rotatable bonds is 15. The predicted molar refractivity (Wildman–Crippen MR) is 279 cm³/mol. The number of hydrogen-bond donors (Lipinski definition) is 4. The lowest BCUT2D eigenvalue weighted by Crippen LogP contribution is -2.59. The minimum atomic E-state index is -1.52. The quantitative estimate of drug-likeness (QED) is 0.0908. The number of benzene rings is 4. The Kier molecular flexibility index (Phi) is 16.1. The molecular formula is C57H70F2N8O8. The molecule has 75 heavy (non-hydrogen) atoms. The molecule has 4 aromatic rings. The minimum Gasteiger partial charge on any atom is -0.453 e. The topological polar surface area (TPSA) is 210 Å². The van der Waals surface area contributed by atoms with Gasteiger partial charge in [0.2, 0.25) is 23.6 Å². The number of amides is 6. The zero-order valence-electron chi connectivity index (χ0n) is 43.7. The van der Waals surface area contributed by atoms with E-state index in [1.54, 1.807) is 56.9 Å². The summed E-state index contributed by atoms with van der Waals surface area (Å²) in [6.45, 7) is 8.54. The first-order chi connectivity index (χ1) is 35.9. The number of halogens is 2. The average molecular weight is 1030 g/mol. The van der Waals surface area contributed by atoms with E-state index in [-0.39, 0.29) is 49.4 Å². The van der Waals surface area contributed by atoms with Crippen LogP contribution in [0.5, 0.6) is 0 Å². The molecule has 6 atom stereocenters. The van der Waals surface area contributed by atoms with Crippen LogP contribution in [0.15, 0.2) is 91.0 Å². The van der Waals surface area contributed by atoms with Gasteiger partial charge >= 0.3 is 12.2 Å². The number of hydrogen-bond acceptors (Lipinski definition) is 10. The molecule has 4 aliphatic heterocycles. The number of ether oxygens (including phenoxy) is 2. The van der Waals surface area contributed by atoms with Crippen LogP contribution < -0.4 is 31.9 Å². The molecule has 18 heteroatoms. The van der Waals surface area contributed by atoms with Crippen molar-refractivity contribution in [3.63, 3.8) is 0 Å². The number of alkyl carbamates (subject to hydrolysis) is 2. The fourth-order valence-corrected chi connectivity index (χ4v) is 12.3. The number of anilines is 2. The Morgan fingerprint density at radius 1 is 0.587 bits per heavy atom. The summed E-state index contributed by atoms with van der Waals surface area (Å²) in [6.07, 6.45) is 2.48. The molecule has 0 saturated carbocycles. The van der Waals surface area contributed by atoms with Crippen molar-refractivity contribution in [2.75, 3.05) is 50.2 Å². The molecule has 0 aliphatic carbocycles. The van der Waals surface area contributed by atoms with Gasteiger partial charge < -0.3 is 51.2 Å². The highest BCUT2D eigenvalue weighted by Gasteiger charge is 2.53. The zero-order chi connectivity index (χ0) is 53.9. The van der Waals surface area contributed by atoms with Gasteiger partial charge in [0.1, 0.15) is 28.8 Å². The molecule has 6 amide bonds. The number of nitrogens with zero attached hydrogens (tertiary/aromatic N) is 4. The van der Waals surface area contributed by atoms with E-state index >= 15 is 8.78 Å². The highest BCUT2D eigenvalue weighted by Crippen LogP contribution is 2.50. The van der Waals surface area contributed by atoms with Gasteiger partial charge in [0.25, 0.3) is 0 Å². The molecular weight excluding hydrogens is 963 g/mol. The first-order valence-electron chi connectivity index (χ1n) is 26.1. The van der Waals surface area contributed by atoms with Crippen LogP contribution in [0.4, 0.5) is 29.7 Å². The molecule has 16 nitrogen and oxygen atoms in total. The maximum atomic E-state index is 16.8. The number of nitrogens with two attached hydrogens (primary N) is 2. The molecule has 4 aromatic carbocycles. The van der Waals surface area contributed by atoms with E-state index in [4.69, 9.17) is 20.9 Å². The number of primary amides is 2. The summed E-state index contributed by atoms with van der Waals surface area (Å²) in [7, 11) is 2.41. The Balaban J connectivity index is 1.14. The first kappa shape index (κ1) is 54.0. The van der Waals surface area contributed by atoms with Gasteiger partial charge in [-0.05, 0) is 109 Å². The van der Waals surface area contributed by atoms with Crippen molar-refractivity contribution in [1.82, 2.24) is 20.4 Å². The summed E-state index contributed by atoms with van der Waals surface area (Å²) in [5.74, 6) is -4.16. The number of piperidine rings is 1. The van der Waals surface area contributed by atoms with Gasteiger partial charge in [-0.25, -0.2) is 18.4 Å². The standard InChI is InChI=1S/C57H70F2N8O8/c1-34(2)47(62-54(72)74-5)50(68)65-28-10-26-56(65,52(60)70)40-18-14-38(15-19-40)45-22-23-46(67(45)42-32-43(58)49(44(59)33-42)64-30-24-37(25-31-64)36-12-8-7-9-13-36)39-16-20-41(21-17-39)57(53(61)71)27-11-29-66(57)51(69)48(35(3)4)63-55(73)75-6/h7-9,12-21,32-35,37,45-48H,10-11,22-31H2,1-6H3,(H2,60,70)(H2,61,71)(H,62,72)(H,63,73)/t45-,46?,47-,48-,56-,57-/m0/s1. The third kappa shape index (κ3) is 10.2. The highest BCUT2D eigenvalue weighted by molar-refractivity contribution is 5.96. The molecule has 0 bridgehead atoms. The Morgan fingerprint density at radius 2 is 1.00 bits per heavy atom. The maximum absolute atomic E-state index is 16.8. The van der Waals surface area contributed by atoms with E-state index in [0.29, 0.717) is 55.6 Å². The lowest BCUT2D eigenvalue weighted by molar-refractivity contribution is -0.146. The van der Waals surface area contributed by atoms with E-state index in [1.807, 2.05) is 47.4 Å². The smallest absolute Gasteiger partial charge is 0.407 e. The highest BCUT2D eigenvalue weighted by atomic mass is 19.1. The second kappa shape index (κ2) is 22.3. The zero-order valence-corrected chi connectivity index (χ0v) is 43.7. The van der Waals surface area contributed by atoms with E-state index in [2.05, 4.69) is 22.8 Å². The van der Waals surface area contributed by atoms with Crippen LogP contribution in [0.3, 0.4) is 0 Å². The monoisotopic (exact) mass is 1030 g/mol. The fourth-order valence-electron chi connectivity index (χ4n) is 12.3. The van der Waals surface area contributed by atoms with Crippen LogP contribution in [-0.4, -0.2) is 98.1 Å². The average Bonchev–Trinajstić information content (AvgIpc) is 4.19. The van der Waals surface area contributed by atoms with Crippen LogP contribution in [0.25, 0.3) is 0 Å². The Labute approximate surface area is 437 Å². The first-order valence-corrected chi connectivity index (χ1v) is 26.1. The van der Waals surface area contributed by atoms with E-state index < -0.39 is 82.7 Å². The fraction of sp³-hybridized carbons (Fsp3) is 0.474. The third-order valence-electron chi connectivity index (χ3n) is 16.2. The van der Waals surface area contributed by atoms with E-state index in [1.165, 1.54) is 41.7 Å². The van der Waals surface area contributed by atoms with Gasteiger partial charge in [0.15, 0.2) is 11.6 Å². The number of methoxy groups -OCH3 is 2.